The second-order valence-corrected chi connectivity index (χ2v) is 9.49. The first-order valence-corrected chi connectivity index (χ1v) is 12.3. The summed E-state index contributed by atoms with van der Waals surface area (Å²) in [6, 6.07) is 14.3. The van der Waals surface area contributed by atoms with Crippen molar-refractivity contribution in [2.75, 3.05) is 46.4 Å². The number of urea groups is 1. The molecule has 182 valence electrons. The van der Waals surface area contributed by atoms with Crippen LogP contribution in [0.25, 0.3) is 0 Å². The molecule has 3 heterocycles. The quantitative estimate of drug-likeness (QED) is 0.503. The number of aryl methyl sites for hydroxylation is 1. The first-order chi connectivity index (χ1) is 16.5. The minimum absolute atomic E-state index is 0.0319. The normalized spacial score (nSPS) is 19.2. The molecule has 2 fully saturated rings. The average Bonchev–Trinajstić information content (AvgIpc) is 3.06. The largest absolute Gasteiger partial charge is 0.383 e. The Morgan fingerprint density at radius 3 is 2.50 bits per heavy atom. The Morgan fingerprint density at radius 1 is 1.06 bits per heavy atom. The lowest BCUT2D eigenvalue weighted by molar-refractivity contribution is -0.135. The van der Waals surface area contributed by atoms with Crippen LogP contribution < -0.4 is 0 Å². The second kappa shape index (κ2) is 11.1. The number of piperidine rings is 1. The summed E-state index contributed by atoms with van der Waals surface area (Å²) in [6.07, 6.45) is 6.45. The van der Waals surface area contributed by atoms with Crippen molar-refractivity contribution in [2.24, 2.45) is 0 Å². The van der Waals surface area contributed by atoms with Gasteiger partial charge in [0.05, 0.1) is 6.61 Å². The molecule has 0 radical (unpaired) electrons. The molecule has 0 N–H and O–H groups in total. The van der Waals surface area contributed by atoms with Gasteiger partial charge in [-0.15, -0.1) is 0 Å². The number of methoxy groups -OCH3 is 1. The molecule has 0 saturated carbocycles. The lowest BCUT2D eigenvalue weighted by atomic mass is 9.85. The van der Waals surface area contributed by atoms with Crippen molar-refractivity contribution in [1.29, 1.82) is 0 Å². The molecule has 1 aromatic carbocycles. The van der Waals surface area contributed by atoms with Gasteiger partial charge in [-0.1, -0.05) is 43.3 Å². The van der Waals surface area contributed by atoms with E-state index in [1.54, 1.807) is 18.2 Å². The van der Waals surface area contributed by atoms with Gasteiger partial charge in [0.2, 0.25) is 0 Å². The van der Waals surface area contributed by atoms with Gasteiger partial charge in [0, 0.05) is 52.2 Å². The van der Waals surface area contributed by atoms with Gasteiger partial charge in [-0.3, -0.25) is 14.7 Å². The molecule has 34 heavy (non-hydrogen) atoms. The average molecular weight is 465 g/mol. The number of aromatic nitrogens is 1. The number of imide groups is 1. The highest BCUT2D eigenvalue weighted by Crippen LogP contribution is 2.37. The molecule has 2 aromatic rings. The fourth-order valence-electron chi connectivity index (χ4n) is 5.32. The Hall–Kier alpha value is -2.77. The van der Waals surface area contributed by atoms with Crippen molar-refractivity contribution in [1.82, 2.24) is 19.7 Å². The molecule has 2 aliphatic rings. The summed E-state index contributed by atoms with van der Waals surface area (Å²) in [7, 11) is 1.63. The van der Waals surface area contributed by atoms with Crippen LogP contribution in [0.5, 0.6) is 0 Å². The molecule has 1 unspecified atom stereocenters. The molecule has 0 aliphatic carbocycles. The van der Waals surface area contributed by atoms with E-state index in [9.17, 15) is 9.59 Å². The van der Waals surface area contributed by atoms with Gasteiger partial charge in [0.25, 0.3) is 5.91 Å². The monoisotopic (exact) mass is 464 g/mol. The number of likely N-dealkylation sites (tertiary alicyclic amines) is 1. The lowest BCUT2D eigenvalue weighted by Crippen LogP contribution is -2.57. The molecular formula is C27H36N4O3. The highest BCUT2D eigenvalue weighted by atomic mass is 16.5. The zero-order chi connectivity index (χ0) is 24.0. The minimum Gasteiger partial charge on any atom is -0.383 e. The van der Waals surface area contributed by atoms with E-state index < -0.39 is 5.54 Å². The van der Waals surface area contributed by atoms with Crippen LogP contribution in [0.3, 0.4) is 0 Å². The van der Waals surface area contributed by atoms with Crippen molar-refractivity contribution < 1.29 is 14.3 Å². The maximum absolute atomic E-state index is 13.7. The van der Waals surface area contributed by atoms with Crippen molar-refractivity contribution >= 4 is 11.9 Å². The first kappa shape index (κ1) is 24.4. The first-order valence-electron chi connectivity index (χ1n) is 12.3. The molecule has 2 aliphatic heterocycles. The summed E-state index contributed by atoms with van der Waals surface area (Å²) < 4.78 is 5.28. The van der Waals surface area contributed by atoms with E-state index in [4.69, 9.17) is 4.74 Å². The Labute approximate surface area is 202 Å². The number of benzene rings is 1. The summed E-state index contributed by atoms with van der Waals surface area (Å²) in [5.41, 5.74) is 1.71. The maximum atomic E-state index is 13.7. The third-order valence-corrected chi connectivity index (χ3v) is 7.29. The number of amides is 3. The van der Waals surface area contributed by atoms with Gasteiger partial charge < -0.3 is 14.5 Å². The van der Waals surface area contributed by atoms with E-state index in [0.717, 1.165) is 38.0 Å². The SMILES string of the molecule is COCCN1C(=O)N(CCCc2cccnc2)C(=O)C12CCN(CC(C)c1ccccc1)CC2. The van der Waals surface area contributed by atoms with Crippen LogP contribution in [0.1, 0.15) is 43.2 Å². The molecule has 2 saturated heterocycles. The number of rotatable bonds is 10. The van der Waals surface area contributed by atoms with Crippen LogP contribution in [-0.2, 0) is 16.0 Å². The highest BCUT2D eigenvalue weighted by Gasteiger charge is 2.57. The molecule has 7 nitrogen and oxygen atoms in total. The van der Waals surface area contributed by atoms with Gasteiger partial charge in [0.1, 0.15) is 5.54 Å². The van der Waals surface area contributed by atoms with E-state index in [-0.39, 0.29) is 11.9 Å². The number of carbonyl (C=O) groups is 2. The Bertz CT molecular complexity index is 945. The fraction of sp³-hybridized carbons (Fsp3) is 0.519. The van der Waals surface area contributed by atoms with Gasteiger partial charge in [-0.2, -0.15) is 0 Å². The second-order valence-electron chi connectivity index (χ2n) is 9.49. The fourth-order valence-corrected chi connectivity index (χ4v) is 5.32. The summed E-state index contributed by atoms with van der Waals surface area (Å²) in [4.78, 5) is 36.8. The van der Waals surface area contributed by atoms with Crippen molar-refractivity contribution in [3.8, 4) is 0 Å². The molecule has 1 aromatic heterocycles. The van der Waals surface area contributed by atoms with E-state index >= 15 is 0 Å². The molecule has 0 bridgehead atoms. The number of carbonyl (C=O) groups excluding carboxylic acids is 2. The van der Waals surface area contributed by atoms with Crippen molar-refractivity contribution in [3.63, 3.8) is 0 Å². The van der Waals surface area contributed by atoms with E-state index in [1.807, 2.05) is 24.4 Å². The standard InChI is InChI=1S/C27H36N4O3/c1-22(24-10-4-3-5-11-24)21-29-16-12-27(13-17-29)25(32)30(26(33)31(27)18-19-34-2)15-7-9-23-8-6-14-28-20-23/h3-6,8,10-11,14,20,22H,7,9,12-13,15-19,21H2,1-2H3. The zero-order valence-electron chi connectivity index (χ0n) is 20.4. The number of ether oxygens (including phenoxy) is 1. The maximum Gasteiger partial charge on any atom is 0.327 e. The van der Waals surface area contributed by atoms with Crippen LogP contribution in [0, 0.1) is 0 Å². The molecule has 1 spiro atoms. The summed E-state index contributed by atoms with van der Waals surface area (Å²) in [6.45, 7) is 6.13. The van der Waals surface area contributed by atoms with E-state index in [1.165, 1.54) is 10.5 Å². The molecule has 3 amide bonds. The predicted molar refractivity (Wildman–Crippen MR) is 132 cm³/mol. The third kappa shape index (κ3) is 5.15. The minimum atomic E-state index is -0.740. The molecule has 1 atom stereocenters. The smallest absolute Gasteiger partial charge is 0.327 e. The number of nitrogens with zero attached hydrogens (tertiary/aromatic N) is 4. The highest BCUT2D eigenvalue weighted by molar-refractivity contribution is 6.07. The van der Waals surface area contributed by atoms with Crippen LogP contribution in [-0.4, -0.2) is 83.6 Å². The van der Waals surface area contributed by atoms with Crippen molar-refractivity contribution in [2.45, 2.75) is 44.1 Å². The van der Waals surface area contributed by atoms with Crippen LogP contribution >= 0.6 is 0 Å². The van der Waals surface area contributed by atoms with Crippen molar-refractivity contribution in [3.05, 3.63) is 66.0 Å². The van der Waals surface area contributed by atoms with Gasteiger partial charge in [-0.25, -0.2) is 4.79 Å². The van der Waals surface area contributed by atoms with E-state index in [0.29, 0.717) is 38.5 Å². The van der Waals surface area contributed by atoms with Gasteiger partial charge in [-0.05, 0) is 48.8 Å². The summed E-state index contributed by atoms with van der Waals surface area (Å²) in [5.74, 6) is 0.389. The number of pyridine rings is 1. The summed E-state index contributed by atoms with van der Waals surface area (Å²) in [5, 5.41) is 0. The van der Waals surface area contributed by atoms with Gasteiger partial charge in [0.15, 0.2) is 0 Å². The number of hydrogen-bond donors (Lipinski definition) is 0. The Morgan fingerprint density at radius 2 is 1.82 bits per heavy atom. The Balaban J connectivity index is 1.40. The predicted octanol–water partition coefficient (Wildman–Crippen LogP) is 3.56. The van der Waals surface area contributed by atoms with Gasteiger partial charge >= 0.3 is 6.03 Å². The van der Waals surface area contributed by atoms with E-state index in [2.05, 4.69) is 41.1 Å². The molecule has 7 heteroatoms. The van der Waals surface area contributed by atoms with Crippen LogP contribution in [0.2, 0.25) is 0 Å². The zero-order valence-corrected chi connectivity index (χ0v) is 20.4. The third-order valence-electron chi connectivity index (χ3n) is 7.29. The molecule has 4 rings (SSSR count). The topological polar surface area (TPSA) is 66.0 Å². The molecular weight excluding hydrogens is 428 g/mol. The lowest BCUT2D eigenvalue weighted by Gasteiger charge is -2.42. The van der Waals surface area contributed by atoms with Crippen LogP contribution in [0.4, 0.5) is 4.79 Å². The summed E-state index contributed by atoms with van der Waals surface area (Å²) >= 11 is 0. The number of hydrogen-bond acceptors (Lipinski definition) is 5. The Kier molecular flexibility index (Phi) is 7.95. The van der Waals surface area contributed by atoms with Crippen LogP contribution in [0.15, 0.2) is 54.9 Å².